The highest BCUT2D eigenvalue weighted by atomic mass is 32.2. The maximum Gasteiger partial charge on any atom is 0.184 e. The van der Waals surface area contributed by atoms with Gasteiger partial charge in [-0.05, 0) is 25.0 Å². The molecule has 1 unspecified atom stereocenters. The molecule has 3 rings (SSSR count). The number of sulfone groups is 1. The number of nitrogens with zero attached hydrogens (tertiary/aromatic N) is 2. The molecule has 1 aliphatic heterocycles. The summed E-state index contributed by atoms with van der Waals surface area (Å²) in [4.78, 5) is 12.4. The number of aromatic nitrogens is 2. The molecule has 0 aliphatic carbocycles. The van der Waals surface area contributed by atoms with Crippen LogP contribution in [0.4, 0.5) is 0 Å². The predicted molar refractivity (Wildman–Crippen MR) is 79.3 cm³/mol. The third-order valence-electron chi connectivity index (χ3n) is 3.76. The first kappa shape index (κ1) is 14.0. The van der Waals surface area contributed by atoms with E-state index in [1.807, 2.05) is 30.3 Å². The molecule has 110 valence electrons. The Hall–Kier alpha value is -1.95. The van der Waals surface area contributed by atoms with Gasteiger partial charge in [0.25, 0.3) is 0 Å². The number of benzene rings is 1. The van der Waals surface area contributed by atoms with Crippen molar-refractivity contribution in [1.29, 1.82) is 0 Å². The zero-order chi connectivity index (χ0) is 14.9. The van der Waals surface area contributed by atoms with Crippen LogP contribution in [0, 0.1) is 0 Å². The lowest BCUT2D eigenvalue weighted by molar-refractivity contribution is 0.0981. The van der Waals surface area contributed by atoms with Gasteiger partial charge in [-0.1, -0.05) is 24.6 Å². The van der Waals surface area contributed by atoms with E-state index in [-0.39, 0.29) is 11.5 Å². The second-order valence-corrected chi connectivity index (χ2v) is 7.53. The summed E-state index contributed by atoms with van der Waals surface area (Å²) in [7, 11) is -3.31. The van der Waals surface area contributed by atoms with E-state index in [9.17, 15) is 13.2 Å². The van der Waals surface area contributed by atoms with E-state index in [4.69, 9.17) is 0 Å². The summed E-state index contributed by atoms with van der Waals surface area (Å²) < 4.78 is 25.6. The Labute approximate surface area is 123 Å². The fourth-order valence-corrected chi connectivity index (χ4v) is 4.49. The Bertz CT molecular complexity index is 750. The number of hydrogen-bond acceptors (Lipinski definition) is 4. The average molecular weight is 304 g/mol. The zero-order valence-corrected chi connectivity index (χ0v) is 12.3. The van der Waals surface area contributed by atoms with Crippen molar-refractivity contribution in [2.24, 2.45) is 0 Å². The first-order valence-corrected chi connectivity index (χ1v) is 8.65. The molecule has 0 bridgehead atoms. The fraction of sp³-hybridized carbons (Fsp3) is 0.333. The maximum atomic E-state index is 12.4. The van der Waals surface area contributed by atoms with Gasteiger partial charge in [-0.3, -0.25) is 4.79 Å². The lowest BCUT2D eigenvalue weighted by atomic mass is 10.1. The normalized spacial score (nSPS) is 21.0. The standard InChI is InChI=1S/C15H16N2O3S/c18-15(14-8-4-5-9-21(14,19)20)12-10-16-17(11-12)13-6-2-1-3-7-13/h1-3,6-7,10-11,14H,4-5,8-9H2. The maximum absolute atomic E-state index is 12.4. The van der Waals surface area contributed by atoms with Crippen LogP contribution < -0.4 is 0 Å². The minimum atomic E-state index is -3.31. The largest absolute Gasteiger partial charge is 0.293 e. The number of carbonyl (C=O) groups excluding carboxylic acids is 1. The Kier molecular flexibility index (Phi) is 3.63. The molecule has 1 atom stereocenters. The second kappa shape index (κ2) is 5.44. The molecule has 1 fully saturated rings. The van der Waals surface area contributed by atoms with Crippen molar-refractivity contribution in [2.45, 2.75) is 24.5 Å². The van der Waals surface area contributed by atoms with E-state index in [1.54, 1.807) is 10.9 Å². The Morgan fingerprint density at radius 3 is 2.67 bits per heavy atom. The van der Waals surface area contributed by atoms with E-state index in [0.717, 1.165) is 12.1 Å². The lowest BCUT2D eigenvalue weighted by Gasteiger charge is -2.20. The van der Waals surface area contributed by atoms with Crippen LogP contribution in [0.3, 0.4) is 0 Å². The number of hydrogen-bond donors (Lipinski definition) is 0. The molecule has 0 spiro atoms. The van der Waals surface area contributed by atoms with Crippen molar-refractivity contribution in [3.8, 4) is 5.69 Å². The smallest absolute Gasteiger partial charge is 0.184 e. The van der Waals surface area contributed by atoms with Gasteiger partial charge in [-0.2, -0.15) is 5.10 Å². The van der Waals surface area contributed by atoms with Crippen LogP contribution >= 0.6 is 0 Å². The second-order valence-electron chi connectivity index (χ2n) is 5.22. The molecular weight excluding hydrogens is 288 g/mol. The van der Waals surface area contributed by atoms with E-state index >= 15 is 0 Å². The molecule has 6 heteroatoms. The predicted octanol–water partition coefficient (Wildman–Crippen LogP) is 2.02. The Morgan fingerprint density at radius 2 is 1.95 bits per heavy atom. The zero-order valence-electron chi connectivity index (χ0n) is 11.5. The van der Waals surface area contributed by atoms with Gasteiger partial charge < -0.3 is 0 Å². The Balaban J connectivity index is 1.88. The molecule has 1 aromatic carbocycles. The van der Waals surface area contributed by atoms with Gasteiger partial charge >= 0.3 is 0 Å². The van der Waals surface area contributed by atoms with Crippen molar-refractivity contribution in [1.82, 2.24) is 9.78 Å². The molecule has 21 heavy (non-hydrogen) atoms. The van der Waals surface area contributed by atoms with Crippen LogP contribution in [0.1, 0.15) is 29.6 Å². The van der Waals surface area contributed by atoms with Gasteiger partial charge in [0.15, 0.2) is 15.6 Å². The summed E-state index contributed by atoms with van der Waals surface area (Å²) in [5.74, 6) is -0.229. The van der Waals surface area contributed by atoms with Crippen molar-refractivity contribution >= 4 is 15.6 Å². The van der Waals surface area contributed by atoms with Crippen molar-refractivity contribution in [2.75, 3.05) is 5.75 Å². The topological polar surface area (TPSA) is 69.0 Å². The first-order chi connectivity index (χ1) is 10.1. The Morgan fingerprint density at radius 1 is 1.19 bits per heavy atom. The number of ketones is 1. The van der Waals surface area contributed by atoms with Gasteiger partial charge in [0.2, 0.25) is 0 Å². The monoisotopic (exact) mass is 304 g/mol. The van der Waals surface area contributed by atoms with Crippen molar-refractivity contribution < 1.29 is 13.2 Å². The molecule has 1 aromatic heterocycles. The lowest BCUT2D eigenvalue weighted by Crippen LogP contribution is -2.35. The van der Waals surface area contributed by atoms with Crippen LogP contribution in [0.2, 0.25) is 0 Å². The summed E-state index contributed by atoms with van der Waals surface area (Å²) in [6, 6.07) is 9.40. The van der Waals surface area contributed by atoms with Crippen LogP contribution in [0.5, 0.6) is 0 Å². The third kappa shape index (κ3) is 2.76. The summed E-state index contributed by atoms with van der Waals surface area (Å²) in [6.45, 7) is 0. The molecule has 0 radical (unpaired) electrons. The molecule has 1 saturated heterocycles. The SMILES string of the molecule is O=C(c1cnn(-c2ccccc2)c1)C1CCCCS1(=O)=O. The molecule has 5 nitrogen and oxygen atoms in total. The molecule has 2 heterocycles. The van der Waals surface area contributed by atoms with Crippen LogP contribution in [-0.2, 0) is 9.84 Å². The summed E-state index contributed by atoms with van der Waals surface area (Å²) in [6.07, 6.45) is 4.89. The first-order valence-electron chi connectivity index (χ1n) is 6.94. The van der Waals surface area contributed by atoms with Crippen molar-refractivity contribution in [3.63, 3.8) is 0 Å². The summed E-state index contributed by atoms with van der Waals surface area (Å²) in [5, 5.41) is 3.25. The van der Waals surface area contributed by atoms with Crippen molar-refractivity contribution in [3.05, 3.63) is 48.3 Å². The third-order valence-corrected chi connectivity index (χ3v) is 5.93. The minimum absolute atomic E-state index is 0.107. The number of para-hydroxylation sites is 1. The van der Waals surface area contributed by atoms with Gasteiger partial charge in [0.05, 0.1) is 23.2 Å². The van der Waals surface area contributed by atoms with Crippen LogP contribution in [0.15, 0.2) is 42.7 Å². The van der Waals surface area contributed by atoms with Gasteiger partial charge in [-0.25, -0.2) is 13.1 Å². The van der Waals surface area contributed by atoms with Gasteiger partial charge in [0, 0.05) is 6.20 Å². The average Bonchev–Trinajstić information content (AvgIpc) is 2.97. The number of Topliss-reactive ketones (excluding diaryl/α,β-unsaturated/α-hetero) is 1. The molecule has 2 aromatic rings. The highest BCUT2D eigenvalue weighted by molar-refractivity contribution is 7.92. The molecular formula is C15H16N2O3S. The quantitative estimate of drug-likeness (QED) is 0.814. The molecule has 0 amide bonds. The van der Waals surface area contributed by atoms with Gasteiger partial charge in [0.1, 0.15) is 5.25 Å². The number of carbonyl (C=O) groups is 1. The molecule has 0 saturated carbocycles. The van der Waals surface area contributed by atoms with E-state index < -0.39 is 15.1 Å². The van der Waals surface area contributed by atoms with Crippen LogP contribution in [0.25, 0.3) is 5.69 Å². The molecule has 1 aliphatic rings. The summed E-state index contributed by atoms with van der Waals surface area (Å²) >= 11 is 0. The fourth-order valence-electron chi connectivity index (χ4n) is 2.61. The number of rotatable bonds is 3. The van der Waals surface area contributed by atoms with E-state index in [2.05, 4.69) is 5.10 Å². The highest BCUT2D eigenvalue weighted by Gasteiger charge is 2.35. The van der Waals surface area contributed by atoms with Gasteiger partial charge in [-0.15, -0.1) is 0 Å². The minimum Gasteiger partial charge on any atom is -0.293 e. The molecule has 0 N–H and O–H groups in total. The van der Waals surface area contributed by atoms with E-state index in [0.29, 0.717) is 18.4 Å². The highest BCUT2D eigenvalue weighted by Crippen LogP contribution is 2.23. The summed E-state index contributed by atoms with van der Waals surface area (Å²) in [5.41, 5.74) is 1.19. The van der Waals surface area contributed by atoms with E-state index in [1.165, 1.54) is 6.20 Å². The van der Waals surface area contributed by atoms with Crippen LogP contribution in [-0.4, -0.2) is 35.0 Å².